The van der Waals surface area contributed by atoms with E-state index in [0.717, 1.165) is 19.5 Å². The number of nitrogens with one attached hydrogen (secondary N) is 1. The molecular weight excluding hydrogens is 311 g/mol. The average molecular weight is 334 g/mol. The van der Waals surface area contributed by atoms with E-state index < -0.39 is 0 Å². The molecule has 0 aliphatic rings. The maximum atomic E-state index is 13.9. The van der Waals surface area contributed by atoms with Crippen molar-refractivity contribution in [1.82, 2.24) is 19.8 Å². The van der Waals surface area contributed by atoms with Crippen molar-refractivity contribution < 1.29 is 4.39 Å². The number of hydrogen-bond donors (Lipinski definition) is 1. The Morgan fingerprint density at radius 2 is 2.17 bits per heavy atom. The SMILES string of the molecule is CC(C)NC(=S)N(CCCn1ccnc1)Cc1ccccc1F. The molecule has 0 saturated heterocycles. The van der Waals surface area contributed by atoms with Crippen LogP contribution in [0.4, 0.5) is 4.39 Å². The second kappa shape index (κ2) is 8.62. The van der Waals surface area contributed by atoms with Gasteiger partial charge in [0.1, 0.15) is 5.82 Å². The molecule has 0 bridgehead atoms. The second-order valence-electron chi connectivity index (χ2n) is 5.77. The summed E-state index contributed by atoms with van der Waals surface area (Å²) in [6, 6.07) is 7.08. The normalized spacial score (nSPS) is 10.8. The van der Waals surface area contributed by atoms with E-state index >= 15 is 0 Å². The molecular formula is C17H23FN4S. The first-order valence-corrected chi connectivity index (χ1v) is 8.21. The molecule has 2 aromatic rings. The molecule has 4 nitrogen and oxygen atoms in total. The number of aryl methyl sites for hydroxylation is 1. The summed E-state index contributed by atoms with van der Waals surface area (Å²) in [5.41, 5.74) is 0.656. The summed E-state index contributed by atoms with van der Waals surface area (Å²) in [6.07, 6.45) is 6.41. The maximum absolute atomic E-state index is 13.9. The van der Waals surface area contributed by atoms with Crippen LogP contribution >= 0.6 is 12.2 Å². The van der Waals surface area contributed by atoms with Crippen LogP contribution in [-0.2, 0) is 13.1 Å². The third-order valence-corrected chi connectivity index (χ3v) is 3.80. The third kappa shape index (κ3) is 5.63. The molecule has 1 N–H and O–H groups in total. The predicted octanol–water partition coefficient (Wildman–Crippen LogP) is 3.20. The van der Waals surface area contributed by atoms with Crippen LogP contribution in [0.25, 0.3) is 0 Å². The third-order valence-electron chi connectivity index (χ3n) is 3.42. The molecule has 1 heterocycles. The number of nitrogens with zero attached hydrogens (tertiary/aromatic N) is 3. The van der Waals surface area contributed by atoms with Crippen molar-refractivity contribution in [2.45, 2.75) is 39.4 Å². The van der Waals surface area contributed by atoms with E-state index in [0.29, 0.717) is 17.2 Å². The largest absolute Gasteiger partial charge is 0.360 e. The highest BCUT2D eigenvalue weighted by Gasteiger charge is 2.13. The number of aromatic nitrogens is 2. The Morgan fingerprint density at radius 1 is 1.39 bits per heavy atom. The Balaban J connectivity index is 1.99. The van der Waals surface area contributed by atoms with Gasteiger partial charge in [0.15, 0.2) is 5.11 Å². The highest BCUT2D eigenvalue weighted by Crippen LogP contribution is 2.11. The molecule has 0 atom stereocenters. The first-order chi connectivity index (χ1) is 11.1. The molecule has 0 spiro atoms. The fourth-order valence-electron chi connectivity index (χ4n) is 2.29. The fourth-order valence-corrected chi connectivity index (χ4v) is 2.68. The van der Waals surface area contributed by atoms with Gasteiger partial charge >= 0.3 is 0 Å². The molecule has 124 valence electrons. The Morgan fingerprint density at radius 3 is 2.83 bits per heavy atom. The maximum Gasteiger partial charge on any atom is 0.169 e. The summed E-state index contributed by atoms with van der Waals surface area (Å²) in [7, 11) is 0. The fraction of sp³-hybridized carbons (Fsp3) is 0.412. The lowest BCUT2D eigenvalue weighted by Crippen LogP contribution is -2.43. The van der Waals surface area contributed by atoms with Crippen LogP contribution < -0.4 is 5.32 Å². The van der Waals surface area contributed by atoms with Crippen LogP contribution in [0.2, 0.25) is 0 Å². The predicted molar refractivity (Wildman–Crippen MR) is 94.5 cm³/mol. The molecule has 6 heteroatoms. The molecule has 0 aliphatic carbocycles. The number of imidazole rings is 1. The van der Waals surface area contributed by atoms with Crippen LogP contribution in [0.1, 0.15) is 25.8 Å². The Hall–Kier alpha value is -1.95. The van der Waals surface area contributed by atoms with Gasteiger partial charge in [-0.25, -0.2) is 9.37 Å². The molecule has 2 rings (SSSR count). The van der Waals surface area contributed by atoms with Gasteiger partial charge in [0, 0.05) is 43.6 Å². The second-order valence-corrected chi connectivity index (χ2v) is 6.16. The first kappa shape index (κ1) is 17.4. The molecule has 0 aliphatic heterocycles. The van der Waals surface area contributed by atoms with E-state index in [4.69, 9.17) is 12.2 Å². The Labute approximate surface area is 142 Å². The quantitative estimate of drug-likeness (QED) is 0.788. The lowest BCUT2D eigenvalue weighted by molar-refractivity contribution is 0.374. The topological polar surface area (TPSA) is 33.1 Å². The highest BCUT2D eigenvalue weighted by atomic mass is 32.1. The van der Waals surface area contributed by atoms with Gasteiger partial charge in [0.2, 0.25) is 0 Å². The zero-order chi connectivity index (χ0) is 16.7. The zero-order valence-corrected chi connectivity index (χ0v) is 14.4. The zero-order valence-electron chi connectivity index (χ0n) is 13.6. The van der Waals surface area contributed by atoms with E-state index in [1.807, 2.05) is 35.6 Å². The van der Waals surface area contributed by atoms with E-state index in [9.17, 15) is 4.39 Å². The molecule has 23 heavy (non-hydrogen) atoms. The van der Waals surface area contributed by atoms with Crippen molar-refractivity contribution in [3.05, 3.63) is 54.4 Å². The molecule has 1 aromatic carbocycles. The molecule has 0 saturated carbocycles. The Bertz CT molecular complexity index is 613. The van der Waals surface area contributed by atoms with Crippen molar-refractivity contribution in [1.29, 1.82) is 0 Å². The summed E-state index contributed by atoms with van der Waals surface area (Å²) < 4.78 is 15.9. The van der Waals surface area contributed by atoms with Crippen LogP contribution in [0.15, 0.2) is 43.0 Å². The van der Waals surface area contributed by atoms with Gasteiger partial charge < -0.3 is 14.8 Å². The van der Waals surface area contributed by atoms with Gasteiger partial charge in [0.05, 0.1) is 6.33 Å². The lowest BCUT2D eigenvalue weighted by Gasteiger charge is -2.27. The van der Waals surface area contributed by atoms with Gasteiger partial charge in [-0.2, -0.15) is 0 Å². The van der Waals surface area contributed by atoms with Crippen molar-refractivity contribution in [3.8, 4) is 0 Å². The Kier molecular flexibility index (Phi) is 6.52. The number of rotatable bonds is 7. The summed E-state index contributed by atoms with van der Waals surface area (Å²) in [5, 5.41) is 3.90. The number of hydrogen-bond acceptors (Lipinski definition) is 2. The van der Waals surface area contributed by atoms with E-state index in [-0.39, 0.29) is 11.9 Å². The van der Waals surface area contributed by atoms with Crippen LogP contribution in [0.5, 0.6) is 0 Å². The van der Waals surface area contributed by atoms with Crippen molar-refractivity contribution in [2.24, 2.45) is 0 Å². The smallest absolute Gasteiger partial charge is 0.169 e. The number of halogens is 1. The standard InChI is InChI=1S/C17H23FN4S/c1-14(2)20-17(23)22(10-5-9-21-11-8-19-13-21)12-15-6-3-4-7-16(15)18/h3-4,6-8,11,13-14H,5,9-10,12H2,1-2H3,(H,20,23). The molecule has 0 amide bonds. The van der Waals surface area contributed by atoms with Crippen LogP contribution in [0, 0.1) is 5.82 Å². The molecule has 0 radical (unpaired) electrons. The van der Waals surface area contributed by atoms with Gasteiger partial charge in [0.25, 0.3) is 0 Å². The highest BCUT2D eigenvalue weighted by molar-refractivity contribution is 7.80. The van der Waals surface area contributed by atoms with Crippen molar-refractivity contribution >= 4 is 17.3 Å². The molecule has 1 aromatic heterocycles. The van der Waals surface area contributed by atoms with Gasteiger partial charge in [-0.1, -0.05) is 18.2 Å². The summed E-state index contributed by atoms with van der Waals surface area (Å²) in [6.45, 7) is 6.16. The molecule has 0 unspecified atom stereocenters. The van der Waals surface area contributed by atoms with Gasteiger partial charge in [-0.3, -0.25) is 0 Å². The monoisotopic (exact) mass is 334 g/mol. The minimum Gasteiger partial charge on any atom is -0.360 e. The first-order valence-electron chi connectivity index (χ1n) is 7.81. The summed E-state index contributed by atoms with van der Waals surface area (Å²) in [4.78, 5) is 6.05. The van der Waals surface area contributed by atoms with Gasteiger partial charge in [-0.15, -0.1) is 0 Å². The lowest BCUT2D eigenvalue weighted by atomic mass is 10.2. The van der Waals surface area contributed by atoms with Gasteiger partial charge in [-0.05, 0) is 38.6 Å². The van der Waals surface area contributed by atoms with Crippen LogP contribution in [0.3, 0.4) is 0 Å². The minimum absolute atomic E-state index is 0.195. The summed E-state index contributed by atoms with van der Waals surface area (Å²) >= 11 is 5.48. The van der Waals surface area contributed by atoms with Crippen molar-refractivity contribution in [2.75, 3.05) is 6.54 Å². The molecule has 0 fully saturated rings. The van der Waals surface area contributed by atoms with E-state index in [1.54, 1.807) is 24.7 Å². The van der Waals surface area contributed by atoms with E-state index in [1.165, 1.54) is 6.07 Å². The summed E-state index contributed by atoms with van der Waals surface area (Å²) in [5.74, 6) is -0.195. The van der Waals surface area contributed by atoms with Crippen molar-refractivity contribution in [3.63, 3.8) is 0 Å². The number of benzene rings is 1. The van der Waals surface area contributed by atoms with E-state index in [2.05, 4.69) is 10.3 Å². The number of thiocarbonyl (C=S) groups is 1. The average Bonchev–Trinajstić information content (AvgIpc) is 3.00. The van der Waals surface area contributed by atoms with Crippen LogP contribution in [-0.4, -0.2) is 32.2 Å². The minimum atomic E-state index is -0.195.